The summed E-state index contributed by atoms with van der Waals surface area (Å²) in [6, 6.07) is 22.8. The molecule has 0 unspecified atom stereocenters. The summed E-state index contributed by atoms with van der Waals surface area (Å²) in [7, 11) is -3.52. The minimum atomic E-state index is -3.52. The standard InChI is InChI=1S/C40H55N2O9P/c1-26(2)50-52(47,51-27(3)4)25-48-32-19-17-29(18-20-32)21-31(38(45)42-37-33-16-12-11-15-30(33)23-36(37)44)24-35(43)34(22-28-13-9-8-10-14-28)41-39(46)49-40(5,6)7/h8-20,26-27,31,34-37,43-44H,21-25H2,1-7H3,(H,41,46)(H,42,45)/t31-,34+,35+,36-,37+/m1/s1. The lowest BCUT2D eigenvalue weighted by atomic mass is 9.88. The van der Waals surface area contributed by atoms with Gasteiger partial charge in [0.25, 0.3) is 0 Å². The van der Waals surface area contributed by atoms with E-state index in [1.54, 1.807) is 72.7 Å². The third kappa shape index (κ3) is 12.7. The van der Waals surface area contributed by atoms with Gasteiger partial charge in [-0.05, 0) is 102 Å². The summed E-state index contributed by atoms with van der Waals surface area (Å²) in [5.74, 6) is -0.645. The number of rotatable bonds is 17. The first-order valence-electron chi connectivity index (χ1n) is 18.0. The summed E-state index contributed by atoms with van der Waals surface area (Å²) < 4.78 is 35.8. The van der Waals surface area contributed by atoms with E-state index in [0.29, 0.717) is 18.6 Å². The molecule has 284 valence electrons. The second-order valence-corrected chi connectivity index (χ2v) is 16.8. The van der Waals surface area contributed by atoms with Crippen molar-refractivity contribution in [1.29, 1.82) is 0 Å². The zero-order valence-electron chi connectivity index (χ0n) is 31.3. The van der Waals surface area contributed by atoms with Gasteiger partial charge in [-0.25, -0.2) is 4.79 Å². The van der Waals surface area contributed by atoms with Crippen molar-refractivity contribution in [2.75, 3.05) is 6.35 Å². The maximum Gasteiger partial charge on any atom is 0.407 e. The van der Waals surface area contributed by atoms with Crippen LogP contribution in [0.25, 0.3) is 0 Å². The van der Waals surface area contributed by atoms with E-state index in [-0.39, 0.29) is 37.3 Å². The molecule has 0 spiro atoms. The van der Waals surface area contributed by atoms with E-state index in [1.165, 1.54) is 0 Å². The van der Waals surface area contributed by atoms with Crippen LogP contribution in [0.3, 0.4) is 0 Å². The SMILES string of the molecule is CC(C)OP(=O)(COc1ccc(C[C@H](C[C@H](O)[C@H](Cc2ccccc2)NC(=O)OC(C)(C)C)C(=O)N[C@H]2c3ccccc3C[C@H]2O)cc1)OC(C)C. The van der Waals surface area contributed by atoms with Gasteiger partial charge in [-0.3, -0.25) is 9.36 Å². The van der Waals surface area contributed by atoms with Gasteiger partial charge in [0, 0.05) is 12.3 Å². The van der Waals surface area contributed by atoms with E-state index in [2.05, 4.69) is 10.6 Å². The van der Waals surface area contributed by atoms with Gasteiger partial charge >= 0.3 is 13.7 Å². The number of carbonyl (C=O) groups excluding carboxylic acids is 2. The van der Waals surface area contributed by atoms with Crippen molar-refractivity contribution in [3.63, 3.8) is 0 Å². The molecule has 3 aromatic rings. The molecular formula is C40H55N2O9P. The third-order valence-corrected chi connectivity index (χ3v) is 10.3. The summed E-state index contributed by atoms with van der Waals surface area (Å²) in [5.41, 5.74) is 2.76. The molecule has 1 aliphatic carbocycles. The Morgan fingerprint density at radius 3 is 2.08 bits per heavy atom. The fourth-order valence-electron chi connectivity index (χ4n) is 6.26. The fraction of sp³-hybridized carbons (Fsp3) is 0.500. The van der Waals surface area contributed by atoms with E-state index in [0.717, 1.165) is 22.3 Å². The van der Waals surface area contributed by atoms with Gasteiger partial charge in [0.2, 0.25) is 5.91 Å². The summed E-state index contributed by atoms with van der Waals surface area (Å²) in [6.07, 6.45) is -2.53. The zero-order chi connectivity index (χ0) is 38.1. The number of ether oxygens (including phenoxy) is 2. The Morgan fingerprint density at radius 2 is 1.46 bits per heavy atom. The van der Waals surface area contributed by atoms with Crippen molar-refractivity contribution in [3.05, 3.63) is 101 Å². The van der Waals surface area contributed by atoms with Crippen LogP contribution < -0.4 is 15.4 Å². The Bertz CT molecular complexity index is 1630. The molecule has 0 heterocycles. The number of aliphatic hydroxyl groups is 2. The molecule has 12 heteroatoms. The van der Waals surface area contributed by atoms with Gasteiger partial charge in [0.05, 0.1) is 36.5 Å². The Morgan fingerprint density at radius 1 is 0.865 bits per heavy atom. The van der Waals surface area contributed by atoms with Gasteiger partial charge < -0.3 is 39.4 Å². The second-order valence-electron chi connectivity index (χ2n) is 14.9. The molecule has 0 aliphatic heterocycles. The molecule has 0 radical (unpaired) electrons. The van der Waals surface area contributed by atoms with Crippen LogP contribution in [0.4, 0.5) is 4.79 Å². The summed E-state index contributed by atoms with van der Waals surface area (Å²) >= 11 is 0. The molecule has 2 amide bonds. The average Bonchev–Trinajstić information content (AvgIpc) is 3.36. The van der Waals surface area contributed by atoms with Gasteiger partial charge in [0.1, 0.15) is 11.4 Å². The van der Waals surface area contributed by atoms with Gasteiger partial charge in [-0.2, -0.15) is 0 Å². The largest absolute Gasteiger partial charge is 0.481 e. The number of alkyl carbamates (subject to hydrolysis) is 1. The van der Waals surface area contributed by atoms with Crippen LogP contribution >= 0.6 is 7.60 Å². The molecule has 0 bridgehead atoms. The number of hydrogen-bond donors (Lipinski definition) is 4. The van der Waals surface area contributed by atoms with Gasteiger partial charge in [0.15, 0.2) is 6.35 Å². The molecule has 1 aliphatic rings. The highest BCUT2D eigenvalue weighted by Gasteiger charge is 2.36. The molecular weight excluding hydrogens is 683 g/mol. The van der Waals surface area contributed by atoms with E-state index >= 15 is 0 Å². The maximum absolute atomic E-state index is 14.1. The Labute approximate surface area is 307 Å². The number of hydrogen-bond acceptors (Lipinski definition) is 9. The fourth-order valence-corrected chi connectivity index (χ4v) is 8.02. The Kier molecular flexibility index (Phi) is 14.5. The third-order valence-electron chi connectivity index (χ3n) is 8.40. The minimum absolute atomic E-state index is 0.00408. The molecule has 11 nitrogen and oxygen atoms in total. The summed E-state index contributed by atoms with van der Waals surface area (Å²) in [4.78, 5) is 27.0. The molecule has 0 fully saturated rings. The summed E-state index contributed by atoms with van der Waals surface area (Å²) in [5, 5.41) is 28.5. The van der Waals surface area contributed by atoms with Crippen molar-refractivity contribution in [3.8, 4) is 5.75 Å². The van der Waals surface area contributed by atoms with Gasteiger partial charge in [-0.1, -0.05) is 66.7 Å². The number of fused-ring (bicyclic) bond motifs is 1. The zero-order valence-corrected chi connectivity index (χ0v) is 32.2. The number of benzene rings is 3. The van der Waals surface area contributed by atoms with Crippen LogP contribution in [0.2, 0.25) is 0 Å². The van der Waals surface area contributed by atoms with Gasteiger partial charge in [-0.15, -0.1) is 0 Å². The lowest BCUT2D eigenvalue weighted by molar-refractivity contribution is -0.127. The first kappa shape index (κ1) is 41.0. The first-order chi connectivity index (χ1) is 24.5. The highest BCUT2D eigenvalue weighted by atomic mass is 31.2. The predicted octanol–water partition coefficient (Wildman–Crippen LogP) is 6.89. The van der Waals surface area contributed by atoms with Crippen molar-refractivity contribution in [1.82, 2.24) is 10.6 Å². The van der Waals surface area contributed by atoms with Crippen LogP contribution in [-0.4, -0.2) is 64.6 Å². The number of nitrogens with one attached hydrogen (secondary N) is 2. The minimum Gasteiger partial charge on any atom is -0.481 e. The second kappa shape index (κ2) is 18.3. The normalized spacial score (nSPS) is 17.7. The average molecular weight is 739 g/mol. The number of amides is 2. The van der Waals surface area contributed by atoms with Crippen molar-refractivity contribution >= 4 is 19.6 Å². The van der Waals surface area contributed by atoms with Crippen LogP contribution in [0.1, 0.15) is 83.2 Å². The van der Waals surface area contributed by atoms with Crippen LogP contribution in [0.5, 0.6) is 5.75 Å². The number of aliphatic hydroxyl groups excluding tert-OH is 2. The molecule has 3 aromatic carbocycles. The molecule has 5 atom stereocenters. The number of carbonyl (C=O) groups is 2. The lowest BCUT2D eigenvalue weighted by Crippen LogP contribution is -2.48. The molecule has 4 rings (SSSR count). The monoisotopic (exact) mass is 738 g/mol. The molecule has 0 saturated carbocycles. The Hall–Kier alpha value is -3.73. The van der Waals surface area contributed by atoms with E-state index in [1.807, 2.05) is 54.6 Å². The molecule has 4 N–H and O–H groups in total. The van der Waals surface area contributed by atoms with Crippen LogP contribution in [0, 0.1) is 5.92 Å². The van der Waals surface area contributed by atoms with Crippen molar-refractivity contribution in [2.24, 2.45) is 5.92 Å². The Balaban J connectivity index is 1.55. The van der Waals surface area contributed by atoms with Crippen molar-refractivity contribution in [2.45, 2.75) is 116 Å². The van der Waals surface area contributed by atoms with E-state index < -0.39 is 49.5 Å². The van der Waals surface area contributed by atoms with Crippen LogP contribution in [0.15, 0.2) is 78.9 Å². The highest BCUT2D eigenvalue weighted by Crippen LogP contribution is 2.50. The quantitative estimate of drug-likeness (QED) is 0.109. The van der Waals surface area contributed by atoms with E-state index in [4.69, 9.17) is 18.5 Å². The molecule has 0 aromatic heterocycles. The van der Waals surface area contributed by atoms with Crippen molar-refractivity contribution < 1.29 is 42.9 Å². The first-order valence-corrected chi connectivity index (χ1v) is 19.7. The van der Waals surface area contributed by atoms with E-state index in [9.17, 15) is 24.4 Å². The lowest BCUT2D eigenvalue weighted by Gasteiger charge is -2.30. The molecule has 52 heavy (non-hydrogen) atoms. The molecule has 0 saturated heterocycles. The summed E-state index contributed by atoms with van der Waals surface area (Å²) in [6.45, 7) is 12.4. The highest BCUT2D eigenvalue weighted by molar-refractivity contribution is 7.53. The topological polar surface area (TPSA) is 153 Å². The van der Waals surface area contributed by atoms with Crippen LogP contribution in [-0.2, 0) is 42.4 Å². The smallest absolute Gasteiger partial charge is 0.407 e. The maximum atomic E-state index is 14.1. The predicted molar refractivity (Wildman–Crippen MR) is 200 cm³/mol.